The highest BCUT2D eigenvalue weighted by molar-refractivity contribution is 6.05. The van der Waals surface area contributed by atoms with Crippen molar-refractivity contribution in [2.45, 2.75) is 6.54 Å². The predicted octanol–water partition coefficient (Wildman–Crippen LogP) is 3.76. The molecule has 0 aliphatic carbocycles. The number of nitrogen functional groups attached to an aromatic ring is 1. The van der Waals surface area contributed by atoms with E-state index in [1.54, 1.807) is 71.3 Å². The van der Waals surface area contributed by atoms with E-state index in [0.717, 1.165) is 5.56 Å². The number of nitrogens with one attached hydrogen (secondary N) is 2. The van der Waals surface area contributed by atoms with E-state index in [1.165, 1.54) is 0 Å². The number of nitrogens with zero attached hydrogens (tertiary/aromatic N) is 2. The lowest BCUT2D eigenvalue weighted by Crippen LogP contribution is -2.17. The third-order valence-electron chi connectivity index (χ3n) is 4.65. The Morgan fingerprint density at radius 1 is 1.10 bits per heavy atom. The molecule has 3 aromatic carbocycles. The molecular formula is C22H17N5O2. The van der Waals surface area contributed by atoms with Crippen molar-refractivity contribution in [2.24, 2.45) is 0 Å². The molecule has 0 spiro atoms. The standard InChI is InChI=1S/C22H17N5O2/c1-24-16-10-11-19-20(12-16)27(22(29)26-19)13-14-6-8-15(9-7-14)21(28)25-18-5-3-2-4-17(18)23/h2-12H,13,23H2,(H,25,28)(H,26,29). The number of aromatic nitrogens is 2. The number of hydrogen-bond donors (Lipinski definition) is 3. The van der Waals surface area contributed by atoms with E-state index in [0.29, 0.717) is 40.2 Å². The molecule has 4 aromatic rings. The van der Waals surface area contributed by atoms with Gasteiger partial charge in [0.25, 0.3) is 5.91 Å². The van der Waals surface area contributed by atoms with Crippen LogP contribution in [-0.2, 0) is 6.54 Å². The molecule has 0 saturated heterocycles. The van der Waals surface area contributed by atoms with Crippen LogP contribution in [0.5, 0.6) is 0 Å². The van der Waals surface area contributed by atoms with Crippen LogP contribution in [0.2, 0.25) is 0 Å². The average Bonchev–Trinajstić information content (AvgIpc) is 3.04. The first-order valence-corrected chi connectivity index (χ1v) is 8.90. The summed E-state index contributed by atoms with van der Waals surface area (Å²) in [5, 5.41) is 2.79. The van der Waals surface area contributed by atoms with Gasteiger partial charge in [-0.25, -0.2) is 9.64 Å². The van der Waals surface area contributed by atoms with E-state index < -0.39 is 0 Å². The zero-order chi connectivity index (χ0) is 20.4. The summed E-state index contributed by atoms with van der Waals surface area (Å²) >= 11 is 0. The number of carbonyl (C=O) groups is 1. The zero-order valence-electron chi connectivity index (χ0n) is 15.3. The molecule has 4 N–H and O–H groups in total. The van der Waals surface area contributed by atoms with Crippen LogP contribution in [0.1, 0.15) is 15.9 Å². The molecule has 29 heavy (non-hydrogen) atoms. The Kier molecular flexibility index (Phi) is 4.59. The fourth-order valence-corrected chi connectivity index (χ4v) is 3.12. The Morgan fingerprint density at radius 3 is 2.59 bits per heavy atom. The lowest BCUT2D eigenvalue weighted by atomic mass is 10.1. The molecule has 0 unspecified atom stereocenters. The molecule has 0 radical (unpaired) electrons. The molecule has 1 heterocycles. The third-order valence-corrected chi connectivity index (χ3v) is 4.65. The second-order valence-corrected chi connectivity index (χ2v) is 6.57. The van der Waals surface area contributed by atoms with Crippen molar-refractivity contribution >= 4 is 34.0 Å². The second-order valence-electron chi connectivity index (χ2n) is 6.57. The van der Waals surface area contributed by atoms with Gasteiger partial charge in [-0.05, 0) is 42.0 Å². The monoisotopic (exact) mass is 383 g/mol. The molecule has 0 aliphatic rings. The van der Waals surface area contributed by atoms with E-state index in [2.05, 4.69) is 15.1 Å². The Morgan fingerprint density at radius 2 is 1.86 bits per heavy atom. The summed E-state index contributed by atoms with van der Waals surface area (Å²) in [6, 6.07) is 19.1. The highest BCUT2D eigenvalue weighted by atomic mass is 16.2. The van der Waals surface area contributed by atoms with Crippen LogP contribution in [0.3, 0.4) is 0 Å². The molecule has 1 aromatic heterocycles. The molecule has 0 bridgehead atoms. The lowest BCUT2D eigenvalue weighted by molar-refractivity contribution is 0.102. The fourth-order valence-electron chi connectivity index (χ4n) is 3.12. The molecule has 0 atom stereocenters. The van der Waals surface area contributed by atoms with Gasteiger partial charge in [0.05, 0.1) is 35.5 Å². The van der Waals surface area contributed by atoms with E-state index in [9.17, 15) is 9.59 Å². The Balaban J connectivity index is 1.56. The zero-order valence-corrected chi connectivity index (χ0v) is 15.3. The van der Waals surface area contributed by atoms with Crippen LogP contribution in [0.25, 0.3) is 15.9 Å². The Hall–Kier alpha value is -4.31. The van der Waals surface area contributed by atoms with Gasteiger partial charge in [0, 0.05) is 5.56 Å². The molecule has 1 amide bonds. The van der Waals surface area contributed by atoms with Crippen LogP contribution >= 0.6 is 0 Å². The molecular weight excluding hydrogens is 366 g/mol. The van der Waals surface area contributed by atoms with Gasteiger partial charge in [0.2, 0.25) is 0 Å². The van der Waals surface area contributed by atoms with Crippen LogP contribution in [0.15, 0.2) is 71.5 Å². The van der Waals surface area contributed by atoms with Gasteiger partial charge < -0.3 is 16.0 Å². The normalized spacial score (nSPS) is 10.6. The van der Waals surface area contributed by atoms with Crippen LogP contribution in [-0.4, -0.2) is 15.5 Å². The van der Waals surface area contributed by atoms with E-state index in [-0.39, 0.29) is 11.6 Å². The minimum absolute atomic E-state index is 0.247. The molecule has 142 valence electrons. The number of rotatable bonds is 4. The van der Waals surface area contributed by atoms with Gasteiger partial charge in [0.15, 0.2) is 5.69 Å². The highest BCUT2D eigenvalue weighted by Gasteiger charge is 2.10. The van der Waals surface area contributed by atoms with Crippen LogP contribution in [0.4, 0.5) is 17.1 Å². The van der Waals surface area contributed by atoms with Crippen molar-refractivity contribution in [1.82, 2.24) is 9.55 Å². The summed E-state index contributed by atoms with van der Waals surface area (Å²) in [6.07, 6.45) is 0. The van der Waals surface area contributed by atoms with Gasteiger partial charge in [-0.1, -0.05) is 30.3 Å². The van der Waals surface area contributed by atoms with Gasteiger partial charge in [-0.2, -0.15) is 0 Å². The Bertz CT molecular complexity index is 1310. The number of H-pyrrole nitrogens is 1. The van der Waals surface area contributed by atoms with Crippen LogP contribution in [0, 0.1) is 6.57 Å². The first kappa shape index (κ1) is 18.1. The maximum atomic E-state index is 12.4. The van der Waals surface area contributed by atoms with Crippen molar-refractivity contribution in [2.75, 3.05) is 11.1 Å². The summed E-state index contributed by atoms with van der Waals surface area (Å²) in [5.41, 5.74) is 9.83. The molecule has 4 rings (SSSR count). The van der Waals surface area contributed by atoms with Crippen molar-refractivity contribution in [3.63, 3.8) is 0 Å². The largest absolute Gasteiger partial charge is 0.397 e. The molecule has 7 nitrogen and oxygen atoms in total. The first-order chi connectivity index (χ1) is 14.0. The van der Waals surface area contributed by atoms with Crippen molar-refractivity contribution in [3.05, 3.63) is 99.8 Å². The molecule has 7 heteroatoms. The summed E-state index contributed by atoms with van der Waals surface area (Å²) in [4.78, 5) is 31.0. The number of imidazole rings is 1. The van der Waals surface area contributed by atoms with Gasteiger partial charge in [0.1, 0.15) is 0 Å². The number of benzene rings is 3. The maximum absolute atomic E-state index is 12.4. The van der Waals surface area contributed by atoms with Crippen molar-refractivity contribution in [1.29, 1.82) is 0 Å². The average molecular weight is 383 g/mol. The van der Waals surface area contributed by atoms with E-state index >= 15 is 0 Å². The van der Waals surface area contributed by atoms with Gasteiger partial charge >= 0.3 is 5.69 Å². The lowest BCUT2D eigenvalue weighted by Gasteiger charge is -2.09. The van der Waals surface area contributed by atoms with E-state index in [1.807, 2.05) is 0 Å². The van der Waals surface area contributed by atoms with Crippen LogP contribution < -0.4 is 16.7 Å². The maximum Gasteiger partial charge on any atom is 0.326 e. The molecule has 0 fully saturated rings. The number of fused-ring (bicyclic) bond motifs is 1. The number of para-hydroxylation sites is 2. The number of nitrogens with two attached hydrogens (primary N) is 1. The number of anilines is 2. The summed E-state index contributed by atoms with van der Waals surface area (Å²) in [7, 11) is 0. The third kappa shape index (κ3) is 3.59. The Labute approximate surface area is 166 Å². The first-order valence-electron chi connectivity index (χ1n) is 8.90. The molecule has 0 aliphatic heterocycles. The minimum atomic E-state index is -0.264. The second kappa shape index (κ2) is 7.37. The SMILES string of the molecule is [C-]#[N+]c1ccc2[nH]c(=O)n(Cc3ccc(C(=O)Nc4ccccc4N)cc3)c2c1. The summed E-state index contributed by atoms with van der Waals surface area (Å²) in [6.45, 7) is 7.48. The van der Waals surface area contributed by atoms with Crippen molar-refractivity contribution < 1.29 is 4.79 Å². The van der Waals surface area contributed by atoms with Crippen molar-refractivity contribution in [3.8, 4) is 0 Å². The number of aromatic amines is 1. The topological polar surface area (TPSA) is 97.3 Å². The number of hydrogen-bond acceptors (Lipinski definition) is 3. The smallest absolute Gasteiger partial charge is 0.326 e. The number of carbonyl (C=O) groups excluding carboxylic acids is 1. The molecule has 0 saturated carbocycles. The number of amides is 1. The van der Waals surface area contributed by atoms with E-state index in [4.69, 9.17) is 12.3 Å². The van der Waals surface area contributed by atoms with Gasteiger partial charge in [-0.15, -0.1) is 0 Å². The fraction of sp³-hybridized carbons (Fsp3) is 0.0455. The predicted molar refractivity (Wildman–Crippen MR) is 113 cm³/mol. The quantitative estimate of drug-likeness (QED) is 0.370. The summed E-state index contributed by atoms with van der Waals surface area (Å²) in [5.74, 6) is -0.264. The summed E-state index contributed by atoms with van der Waals surface area (Å²) < 4.78 is 1.57. The van der Waals surface area contributed by atoms with Gasteiger partial charge in [-0.3, -0.25) is 9.36 Å². The highest BCUT2D eigenvalue weighted by Crippen LogP contribution is 2.21. The minimum Gasteiger partial charge on any atom is -0.397 e.